The summed E-state index contributed by atoms with van der Waals surface area (Å²) in [6.07, 6.45) is 1.99. The first-order chi connectivity index (χ1) is 14.0. The summed E-state index contributed by atoms with van der Waals surface area (Å²) in [4.78, 5) is 10.9. The van der Waals surface area contributed by atoms with Gasteiger partial charge in [-0.25, -0.2) is 0 Å². The second-order valence-corrected chi connectivity index (χ2v) is 6.31. The zero-order chi connectivity index (χ0) is 20.8. The van der Waals surface area contributed by atoms with Crippen molar-refractivity contribution >= 4 is 24.1 Å². The van der Waals surface area contributed by atoms with E-state index in [0.29, 0.717) is 22.6 Å². The van der Waals surface area contributed by atoms with Crippen molar-refractivity contribution in [1.29, 1.82) is 0 Å². The van der Waals surface area contributed by atoms with Gasteiger partial charge in [0.05, 0.1) is 24.9 Å². The van der Waals surface area contributed by atoms with Crippen LogP contribution in [0.15, 0.2) is 47.6 Å². The summed E-state index contributed by atoms with van der Waals surface area (Å²) in [6.45, 7) is 2.02. The lowest BCUT2D eigenvalue weighted by atomic mass is 10.1. The van der Waals surface area contributed by atoms with Crippen molar-refractivity contribution in [2.45, 2.75) is 13.3 Å². The highest BCUT2D eigenvalue weighted by Gasteiger charge is 2.21. The Labute approximate surface area is 171 Å². The highest BCUT2D eigenvalue weighted by molar-refractivity contribution is 7.71. The van der Waals surface area contributed by atoms with Crippen LogP contribution in [0.25, 0.3) is 0 Å². The van der Waals surface area contributed by atoms with Crippen LogP contribution in [0.3, 0.4) is 0 Å². The minimum Gasteiger partial charge on any atom is -0.493 e. The van der Waals surface area contributed by atoms with Crippen molar-refractivity contribution in [1.82, 2.24) is 14.9 Å². The molecule has 10 heteroatoms. The molecule has 0 saturated carbocycles. The average molecular weight is 413 g/mol. The normalized spacial score (nSPS) is 11.0. The van der Waals surface area contributed by atoms with E-state index in [0.717, 1.165) is 5.56 Å². The van der Waals surface area contributed by atoms with Crippen molar-refractivity contribution in [2.24, 2.45) is 5.10 Å². The first-order valence-corrected chi connectivity index (χ1v) is 9.18. The molecule has 3 aromatic rings. The van der Waals surface area contributed by atoms with Gasteiger partial charge in [0.25, 0.3) is 0 Å². The maximum absolute atomic E-state index is 11.4. The number of aromatic nitrogens is 3. The molecule has 3 rings (SSSR count). The van der Waals surface area contributed by atoms with Crippen molar-refractivity contribution in [3.8, 4) is 11.5 Å². The first-order valence-electron chi connectivity index (χ1n) is 8.77. The van der Waals surface area contributed by atoms with Gasteiger partial charge in [0.15, 0.2) is 11.6 Å². The van der Waals surface area contributed by atoms with Crippen LogP contribution in [0.1, 0.15) is 23.9 Å². The molecule has 0 amide bonds. The third kappa shape index (κ3) is 4.66. The number of aromatic amines is 1. The molecule has 150 valence electrons. The molecular weight excluding hydrogens is 394 g/mol. The number of nitro benzene ring substituents is 1. The third-order valence-electron chi connectivity index (χ3n) is 4.01. The van der Waals surface area contributed by atoms with E-state index in [9.17, 15) is 10.1 Å². The van der Waals surface area contributed by atoms with Crippen molar-refractivity contribution in [2.75, 3.05) is 13.7 Å². The van der Waals surface area contributed by atoms with Gasteiger partial charge in [0, 0.05) is 18.1 Å². The molecule has 0 aliphatic rings. The topological polar surface area (TPSA) is 108 Å². The number of hydrogen-bond acceptors (Lipinski definition) is 7. The molecule has 2 aromatic carbocycles. The maximum atomic E-state index is 11.4. The van der Waals surface area contributed by atoms with Crippen LogP contribution in [0.4, 0.5) is 5.69 Å². The monoisotopic (exact) mass is 413 g/mol. The maximum Gasteiger partial charge on any atom is 0.315 e. The zero-order valence-electron chi connectivity index (χ0n) is 15.9. The van der Waals surface area contributed by atoms with E-state index < -0.39 is 4.92 Å². The fourth-order valence-electron chi connectivity index (χ4n) is 2.72. The number of benzene rings is 2. The minimum absolute atomic E-state index is 0.0850. The van der Waals surface area contributed by atoms with Gasteiger partial charge in [0.1, 0.15) is 0 Å². The fraction of sp³-hybridized carbons (Fsp3) is 0.211. The van der Waals surface area contributed by atoms with Crippen LogP contribution in [0.5, 0.6) is 11.5 Å². The third-order valence-corrected chi connectivity index (χ3v) is 4.27. The van der Waals surface area contributed by atoms with Crippen LogP contribution in [-0.4, -0.2) is 39.7 Å². The van der Waals surface area contributed by atoms with E-state index in [4.69, 9.17) is 21.7 Å². The minimum atomic E-state index is -0.519. The van der Waals surface area contributed by atoms with E-state index >= 15 is 0 Å². The Morgan fingerprint density at radius 1 is 1.34 bits per heavy atom. The summed E-state index contributed by atoms with van der Waals surface area (Å²) in [5.74, 6) is 0.953. The Kier molecular flexibility index (Phi) is 6.35. The number of nitrogens with one attached hydrogen (secondary N) is 1. The summed E-state index contributed by atoms with van der Waals surface area (Å²) in [6, 6.07) is 12.8. The predicted octanol–water partition coefficient (Wildman–Crippen LogP) is 3.73. The molecule has 29 heavy (non-hydrogen) atoms. The summed E-state index contributed by atoms with van der Waals surface area (Å²) < 4.78 is 12.4. The number of nitrogens with zero attached hydrogens (tertiary/aromatic N) is 4. The van der Waals surface area contributed by atoms with E-state index in [1.54, 1.807) is 13.0 Å². The van der Waals surface area contributed by atoms with Crippen molar-refractivity contribution in [3.63, 3.8) is 0 Å². The largest absolute Gasteiger partial charge is 0.493 e. The highest BCUT2D eigenvalue weighted by Crippen LogP contribution is 2.37. The number of H-pyrrole nitrogens is 1. The predicted molar refractivity (Wildman–Crippen MR) is 110 cm³/mol. The van der Waals surface area contributed by atoms with Gasteiger partial charge in [-0.1, -0.05) is 30.3 Å². The van der Waals surface area contributed by atoms with Gasteiger partial charge in [0.2, 0.25) is 10.5 Å². The van der Waals surface area contributed by atoms with Gasteiger partial charge in [-0.05, 0) is 30.8 Å². The highest BCUT2D eigenvalue weighted by atomic mass is 32.1. The quantitative estimate of drug-likeness (QED) is 0.261. The smallest absolute Gasteiger partial charge is 0.315 e. The van der Waals surface area contributed by atoms with Gasteiger partial charge < -0.3 is 9.47 Å². The molecule has 0 spiro atoms. The van der Waals surface area contributed by atoms with Crippen LogP contribution < -0.4 is 9.47 Å². The zero-order valence-corrected chi connectivity index (χ0v) is 16.7. The lowest BCUT2D eigenvalue weighted by Crippen LogP contribution is -2.03. The molecule has 0 fully saturated rings. The summed E-state index contributed by atoms with van der Waals surface area (Å²) in [7, 11) is 1.42. The number of nitro groups is 1. The first kappa shape index (κ1) is 20.2. The van der Waals surface area contributed by atoms with Crippen LogP contribution in [0.2, 0.25) is 0 Å². The van der Waals surface area contributed by atoms with Crippen LogP contribution in [0, 0.1) is 14.9 Å². The lowest BCUT2D eigenvalue weighted by Gasteiger charge is -2.10. The summed E-state index contributed by atoms with van der Waals surface area (Å²) >= 11 is 5.25. The Morgan fingerprint density at radius 2 is 2.10 bits per heavy atom. The summed E-state index contributed by atoms with van der Waals surface area (Å²) in [5, 5.41) is 22.7. The molecule has 0 saturated heterocycles. The second-order valence-electron chi connectivity index (χ2n) is 5.93. The molecule has 0 radical (unpaired) electrons. The van der Waals surface area contributed by atoms with Crippen LogP contribution in [-0.2, 0) is 6.42 Å². The van der Waals surface area contributed by atoms with E-state index in [1.165, 1.54) is 24.1 Å². The van der Waals surface area contributed by atoms with Gasteiger partial charge in [-0.15, -0.1) is 0 Å². The number of ether oxygens (including phenoxy) is 2. The van der Waals surface area contributed by atoms with E-state index in [-0.39, 0.29) is 23.8 Å². The van der Waals surface area contributed by atoms with E-state index in [1.807, 2.05) is 30.3 Å². The van der Waals surface area contributed by atoms with Crippen molar-refractivity contribution in [3.05, 3.63) is 74.3 Å². The molecule has 1 N–H and O–H groups in total. The molecule has 0 atom stereocenters. The number of rotatable bonds is 8. The van der Waals surface area contributed by atoms with Gasteiger partial charge in [-0.3, -0.25) is 15.2 Å². The summed E-state index contributed by atoms with van der Waals surface area (Å²) in [5.41, 5.74) is 1.31. The Morgan fingerprint density at radius 3 is 2.76 bits per heavy atom. The van der Waals surface area contributed by atoms with E-state index in [2.05, 4.69) is 15.3 Å². The Hall–Kier alpha value is -3.53. The molecule has 1 aromatic heterocycles. The second kappa shape index (κ2) is 9.11. The molecule has 9 nitrogen and oxygen atoms in total. The lowest BCUT2D eigenvalue weighted by molar-refractivity contribution is -0.385. The average Bonchev–Trinajstić information content (AvgIpc) is 3.06. The molecule has 0 bridgehead atoms. The van der Waals surface area contributed by atoms with Crippen molar-refractivity contribution < 1.29 is 14.4 Å². The van der Waals surface area contributed by atoms with Gasteiger partial charge in [-0.2, -0.15) is 14.9 Å². The van der Waals surface area contributed by atoms with Gasteiger partial charge >= 0.3 is 5.69 Å². The SMILES string of the molecule is CCOc1c(OC)cc(/C=N\n2c(Cc3ccccc3)n[nH]c2=S)cc1[N+](=O)[O-]. The molecule has 0 aliphatic heterocycles. The number of methoxy groups -OCH3 is 1. The standard InChI is InChI=1S/C19H19N5O4S/c1-3-28-18-15(24(25)26)9-14(10-16(18)27-2)12-20-23-17(21-22-19(23)29)11-13-7-5-4-6-8-13/h4-10,12H,3,11H2,1-2H3,(H,22,29)/b20-12-. The van der Waals surface area contributed by atoms with Crippen LogP contribution >= 0.6 is 12.2 Å². The Bertz CT molecular complexity index is 1090. The molecule has 0 aliphatic carbocycles. The molecule has 1 heterocycles. The molecular formula is C19H19N5O4S. The fourth-order valence-corrected chi connectivity index (χ4v) is 2.92. The Balaban J connectivity index is 1.96. The molecule has 0 unspecified atom stereocenters. The number of hydrogen-bond donors (Lipinski definition) is 1.